The predicted octanol–water partition coefficient (Wildman–Crippen LogP) is 4.23. The maximum Gasteiger partial charge on any atom is 0.341 e. The third kappa shape index (κ3) is 2.90. The van der Waals surface area contributed by atoms with E-state index in [0.29, 0.717) is 0 Å². The molecular formula is C21H25NO3. The van der Waals surface area contributed by atoms with Crippen LogP contribution in [0.25, 0.3) is 11.3 Å². The number of fused-ring (bicyclic) bond motifs is 3. The summed E-state index contributed by atoms with van der Waals surface area (Å²) in [7, 11) is 0. The van der Waals surface area contributed by atoms with Crippen molar-refractivity contribution in [3.05, 3.63) is 56.9 Å². The summed E-state index contributed by atoms with van der Waals surface area (Å²) >= 11 is 0. The number of benzene rings is 1. The van der Waals surface area contributed by atoms with Gasteiger partial charge in [0.2, 0.25) is 0 Å². The Kier molecular flexibility index (Phi) is 4.10. The van der Waals surface area contributed by atoms with Gasteiger partial charge in [-0.25, -0.2) is 4.79 Å². The molecule has 25 heavy (non-hydrogen) atoms. The Hall–Kier alpha value is -2.36. The third-order valence-corrected chi connectivity index (χ3v) is 5.28. The first-order valence-corrected chi connectivity index (χ1v) is 8.75. The molecule has 4 nitrogen and oxygen atoms in total. The first-order valence-electron chi connectivity index (χ1n) is 8.75. The monoisotopic (exact) mass is 339 g/mol. The number of aryl methyl sites for hydroxylation is 2. The minimum absolute atomic E-state index is 0.0609. The van der Waals surface area contributed by atoms with E-state index in [4.69, 9.17) is 0 Å². The predicted molar refractivity (Wildman–Crippen MR) is 99.4 cm³/mol. The molecule has 4 heteroatoms. The van der Waals surface area contributed by atoms with E-state index in [2.05, 4.69) is 46.8 Å². The number of rotatable bonds is 2. The second-order valence-corrected chi connectivity index (χ2v) is 8.02. The van der Waals surface area contributed by atoms with Gasteiger partial charge in [-0.3, -0.25) is 4.79 Å². The number of aromatic nitrogens is 1. The number of nitrogens with zero attached hydrogens (tertiary/aromatic N) is 1. The number of carbonyl (C=O) groups is 1. The molecule has 1 aliphatic heterocycles. The van der Waals surface area contributed by atoms with Crippen molar-refractivity contribution in [3.63, 3.8) is 0 Å². The van der Waals surface area contributed by atoms with E-state index in [0.717, 1.165) is 24.1 Å². The minimum atomic E-state index is -1.17. The van der Waals surface area contributed by atoms with E-state index >= 15 is 0 Å². The van der Waals surface area contributed by atoms with Gasteiger partial charge in [0, 0.05) is 23.9 Å². The SMILES string of the molecule is CCc1cc2c(cc1C)CC(C(C)(C)C)n1cc(C(=O)O)c(=O)cc1-2. The molecule has 1 aliphatic rings. The molecule has 3 rings (SSSR count). The molecule has 1 unspecified atom stereocenters. The fraction of sp³-hybridized carbons (Fsp3) is 0.429. The summed E-state index contributed by atoms with van der Waals surface area (Å²) in [6.45, 7) is 10.7. The maximum atomic E-state index is 12.3. The average molecular weight is 339 g/mol. The van der Waals surface area contributed by atoms with Gasteiger partial charge in [-0.2, -0.15) is 0 Å². The molecule has 0 radical (unpaired) electrons. The van der Waals surface area contributed by atoms with Gasteiger partial charge in [-0.05, 0) is 47.9 Å². The summed E-state index contributed by atoms with van der Waals surface area (Å²) in [5.74, 6) is -1.17. The molecule has 1 aromatic heterocycles. The summed E-state index contributed by atoms with van der Waals surface area (Å²) in [4.78, 5) is 23.8. The van der Waals surface area contributed by atoms with Gasteiger partial charge in [-0.15, -0.1) is 0 Å². The molecule has 2 aromatic rings. The molecule has 1 atom stereocenters. The van der Waals surface area contributed by atoms with Crippen molar-refractivity contribution < 1.29 is 9.90 Å². The van der Waals surface area contributed by atoms with Crippen LogP contribution in [0.2, 0.25) is 0 Å². The molecular weight excluding hydrogens is 314 g/mol. The standard InChI is InChI=1S/C21H25NO3/c1-6-13-8-15-14(7-12(13)2)9-19(21(3,4)5)22-11-16(20(24)25)18(23)10-17(15)22/h7-8,10-11,19H,6,9H2,1-5H3,(H,24,25). The Morgan fingerprint density at radius 3 is 2.52 bits per heavy atom. The van der Waals surface area contributed by atoms with E-state index in [1.54, 1.807) is 0 Å². The van der Waals surface area contributed by atoms with Crippen LogP contribution >= 0.6 is 0 Å². The van der Waals surface area contributed by atoms with Crippen LogP contribution in [0.15, 0.2) is 29.2 Å². The van der Waals surface area contributed by atoms with Gasteiger partial charge < -0.3 is 9.67 Å². The molecule has 0 amide bonds. The lowest BCUT2D eigenvalue weighted by atomic mass is 9.78. The zero-order chi connectivity index (χ0) is 18.5. The van der Waals surface area contributed by atoms with Gasteiger partial charge in [0.15, 0.2) is 5.43 Å². The molecule has 0 fully saturated rings. The second kappa shape index (κ2) is 5.87. The number of carboxylic acids is 1. The molecule has 0 aliphatic carbocycles. The number of carboxylic acid groups (broad SMARTS) is 1. The number of pyridine rings is 1. The van der Waals surface area contributed by atoms with Gasteiger partial charge >= 0.3 is 5.97 Å². The summed E-state index contributed by atoms with van der Waals surface area (Å²) in [5.41, 5.74) is 4.98. The summed E-state index contributed by atoms with van der Waals surface area (Å²) in [5, 5.41) is 9.36. The van der Waals surface area contributed by atoms with Crippen molar-refractivity contribution in [2.45, 2.75) is 53.5 Å². The van der Waals surface area contributed by atoms with Gasteiger partial charge in [0.1, 0.15) is 5.56 Å². The second-order valence-electron chi connectivity index (χ2n) is 8.02. The zero-order valence-corrected chi connectivity index (χ0v) is 15.5. The first-order chi connectivity index (χ1) is 11.6. The van der Waals surface area contributed by atoms with Crippen molar-refractivity contribution >= 4 is 5.97 Å². The molecule has 1 N–H and O–H groups in total. The van der Waals surface area contributed by atoms with E-state index in [9.17, 15) is 14.7 Å². The third-order valence-electron chi connectivity index (χ3n) is 5.28. The highest BCUT2D eigenvalue weighted by molar-refractivity contribution is 5.87. The maximum absolute atomic E-state index is 12.3. The van der Waals surface area contributed by atoms with Crippen LogP contribution < -0.4 is 5.43 Å². The van der Waals surface area contributed by atoms with Crippen molar-refractivity contribution in [2.24, 2.45) is 5.41 Å². The van der Waals surface area contributed by atoms with Crippen LogP contribution in [0.1, 0.15) is 60.8 Å². The van der Waals surface area contributed by atoms with Gasteiger partial charge in [-0.1, -0.05) is 33.8 Å². The normalized spacial score (nSPS) is 16.3. The molecule has 132 valence electrons. The molecule has 0 saturated carbocycles. The Morgan fingerprint density at radius 2 is 1.96 bits per heavy atom. The van der Waals surface area contributed by atoms with Crippen LogP contribution in [0, 0.1) is 12.3 Å². The van der Waals surface area contributed by atoms with Crippen molar-refractivity contribution in [3.8, 4) is 11.3 Å². The summed E-state index contributed by atoms with van der Waals surface area (Å²) in [6, 6.07) is 5.98. The first kappa shape index (κ1) is 17.5. The number of hydrogen-bond acceptors (Lipinski definition) is 2. The van der Waals surface area contributed by atoms with Crippen LogP contribution in [0.3, 0.4) is 0 Å². The Morgan fingerprint density at radius 1 is 1.28 bits per heavy atom. The minimum Gasteiger partial charge on any atom is -0.477 e. The molecule has 2 heterocycles. The highest BCUT2D eigenvalue weighted by atomic mass is 16.4. The van der Waals surface area contributed by atoms with E-state index in [1.165, 1.54) is 29.0 Å². The summed E-state index contributed by atoms with van der Waals surface area (Å²) in [6.07, 6.45) is 3.29. The van der Waals surface area contributed by atoms with Crippen LogP contribution in [-0.4, -0.2) is 15.6 Å². The summed E-state index contributed by atoms with van der Waals surface area (Å²) < 4.78 is 2.00. The lowest BCUT2D eigenvalue weighted by Crippen LogP contribution is -2.33. The van der Waals surface area contributed by atoms with Crippen molar-refractivity contribution in [1.82, 2.24) is 4.57 Å². The van der Waals surface area contributed by atoms with Crippen molar-refractivity contribution in [2.75, 3.05) is 0 Å². The fourth-order valence-corrected chi connectivity index (χ4v) is 3.81. The number of aromatic carboxylic acids is 1. The lowest BCUT2D eigenvalue weighted by molar-refractivity contribution is 0.0693. The average Bonchev–Trinajstić information content (AvgIpc) is 2.51. The zero-order valence-electron chi connectivity index (χ0n) is 15.5. The Balaban J connectivity index is 2.35. The van der Waals surface area contributed by atoms with Crippen molar-refractivity contribution in [1.29, 1.82) is 0 Å². The van der Waals surface area contributed by atoms with Crippen LogP contribution in [-0.2, 0) is 12.8 Å². The highest BCUT2D eigenvalue weighted by Gasteiger charge is 2.33. The van der Waals surface area contributed by atoms with E-state index in [-0.39, 0.29) is 17.0 Å². The number of hydrogen-bond donors (Lipinski definition) is 1. The van der Waals surface area contributed by atoms with Gasteiger partial charge in [0.05, 0.1) is 5.69 Å². The van der Waals surface area contributed by atoms with E-state index in [1.807, 2.05) is 4.57 Å². The van der Waals surface area contributed by atoms with Gasteiger partial charge in [0.25, 0.3) is 0 Å². The van der Waals surface area contributed by atoms with E-state index < -0.39 is 11.4 Å². The largest absolute Gasteiger partial charge is 0.477 e. The van der Waals surface area contributed by atoms with Crippen LogP contribution in [0.4, 0.5) is 0 Å². The highest BCUT2D eigenvalue weighted by Crippen LogP contribution is 2.43. The lowest BCUT2D eigenvalue weighted by Gasteiger charge is -2.39. The quantitative estimate of drug-likeness (QED) is 0.891. The Bertz CT molecular complexity index is 916. The topological polar surface area (TPSA) is 59.3 Å². The molecule has 1 aromatic carbocycles. The smallest absolute Gasteiger partial charge is 0.341 e. The molecule has 0 saturated heterocycles. The molecule has 0 bridgehead atoms. The fourth-order valence-electron chi connectivity index (χ4n) is 3.81. The van der Waals surface area contributed by atoms with Crippen LogP contribution in [0.5, 0.6) is 0 Å². The molecule has 0 spiro atoms. The Labute approximate surface area is 148 Å².